The van der Waals surface area contributed by atoms with Gasteiger partial charge in [-0.3, -0.25) is 0 Å². The first-order chi connectivity index (χ1) is 7.15. The van der Waals surface area contributed by atoms with E-state index in [0.717, 1.165) is 0 Å². The van der Waals surface area contributed by atoms with Crippen LogP contribution >= 0.6 is 0 Å². The summed E-state index contributed by atoms with van der Waals surface area (Å²) in [5.41, 5.74) is -0.168. The molecule has 1 N–H and O–H groups in total. The Labute approximate surface area is 95.6 Å². The van der Waals surface area contributed by atoms with Crippen molar-refractivity contribution in [3.8, 4) is 0 Å². The third kappa shape index (κ3) is 5.34. The molecule has 0 aliphatic heterocycles. The van der Waals surface area contributed by atoms with E-state index in [-0.39, 0.29) is 5.57 Å². The summed E-state index contributed by atoms with van der Waals surface area (Å²) in [4.78, 5) is 21.8. The molecule has 0 radical (unpaired) electrons. The van der Waals surface area contributed by atoms with Gasteiger partial charge in [-0.1, -0.05) is 12.7 Å². The van der Waals surface area contributed by atoms with E-state index in [9.17, 15) is 9.59 Å². The van der Waals surface area contributed by atoms with Crippen LogP contribution in [0.15, 0.2) is 23.8 Å². The van der Waals surface area contributed by atoms with Gasteiger partial charge in [0.2, 0.25) is 0 Å². The molecule has 0 amide bonds. The lowest BCUT2D eigenvalue weighted by Crippen LogP contribution is -2.27. The number of esters is 1. The van der Waals surface area contributed by atoms with Crippen LogP contribution in [0.3, 0.4) is 0 Å². The molecule has 0 bridgehead atoms. The van der Waals surface area contributed by atoms with Gasteiger partial charge in [-0.2, -0.15) is 0 Å². The molecule has 0 saturated heterocycles. The highest BCUT2D eigenvalue weighted by atomic mass is 16.6. The van der Waals surface area contributed by atoms with Crippen LogP contribution in [-0.2, 0) is 14.3 Å². The van der Waals surface area contributed by atoms with Gasteiger partial charge in [0.1, 0.15) is 5.60 Å². The van der Waals surface area contributed by atoms with Crippen LogP contribution in [0.25, 0.3) is 0 Å². The summed E-state index contributed by atoms with van der Waals surface area (Å²) in [5, 5.41) is 8.66. The van der Waals surface area contributed by atoms with Crippen molar-refractivity contribution in [1.82, 2.24) is 0 Å². The second-order valence-electron chi connectivity index (χ2n) is 4.33. The molecule has 0 rings (SSSR count). The Morgan fingerprint density at radius 3 is 2.25 bits per heavy atom. The molecule has 0 aliphatic carbocycles. The third-order valence-corrected chi connectivity index (χ3v) is 1.95. The maximum Gasteiger partial charge on any atom is 0.333 e. The van der Waals surface area contributed by atoms with Crippen molar-refractivity contribution < 1.29 is 19.4 Å². The average Bonchev–Trinajstić information content (AvgIpc) is 2.13. The first-order valence-electron chi connectivity index (χ1n) is 4.94. The number of hydrogen-bond acceptors (Lipinski definition) is 3. The molecule has 0 atom stereocenters. The molecule has 0 aromatic rings. The fourth-order valence-electron chi connectivity index (χ4n) is 0.866. The SMILES string of the molecule is C=C(C)C(=O)OC(C)(C)CC=C(C)C(=O)O. The van der Waals surface area contributed by atoms with Crippen molar-refractivity contribution in [3.05, 3.63) is 23.8 Å². The first-order valence-corrected chi connectivity index (χ1v) is 4.94. The predicted octanol–water partition coefficient (Wildman–Crippen LogP) is 2.31. The second kappa shape index (κ2) is 5.49. The smallest absolute Gasteiger partial charge is 0.333 e. The lowest BCUT2D eigenvalue weighted by molar-refractivity contribution is -0.151. The molecule has 0 fully saturated rings. The molecule has 0 saturated carbocycles. The summed E-state index contributed by atoms with van der Waals surface area (Å²) in [7, 11) is 0. The molecule has 4 nitrogen and oxygen atoms in total. The zero-order valence-corrected chi connectivity index (χ0v) is 10.2. The lowest BCUT2D eigenvalue weighted by atomic mass is 10.0. The van der Waals surface area contributed by atoms with Gasteiger partial charge in [-0.05, 0) is 27.7 Å². The lowest BCUT2D eigenvalue weighted by Gasteiger charge is -2.23. The zero-order chi connectivity index (χ0) is 12.9. The molecule has 0 aliphatic rings. The standard InChI is InChI=1S/C12H18O4/c1-8(2)11(15)16-12(4,5)7-6-9(3)10(13)14/h6H,1,7H2,2-5H3,(H,13,14). The Balaban J connectivity index is 4.47. The fraction of sp³-hybridized carbons (Fsp3) is 0.500. The van der Waals surface area contributed by atoms with E-state index in [1.54, 1.807) is 20.8 Å². The van der Waals surface area contributed by atoms with E-state index in [2.05, 4.69) is 6.58 Å². The number of carboxylic acids is 1. The Morgan fingerprint density at radius 2 is 1.88 bits per heavy atom. The maximum atomic E-state index is 11.3. The van der Waals surface area contributed by atoms with Crippen LogP contribution < -0.4 is 0 Å². The van der Waals surface area contributed by atoms with Crippen molar-refractivity contribution in [1.29, 1.82) is 0 Å². The molecule has 0 unspecified atom stereocenters. The van der Waals surface area contributed by atoms with E-state index in [1.165, 1.54) is 13.0 Å². The number of aliphatic carboxylic acids is 1. The molecule has 90 valence electrons. The van der Waals surface area contributed by atoms with Gasteiger partial charge in [-0.15, -0.1) is 0 Å². The second-order valence-corrected chi connectivity index (χ2v) is 4.33. The van der Waals surface area contributed by atoms with Crippen LogP contribution in [0, 0.1) is 0 Å². The van der Waals surface area contributed by atoms with Crippen molar-refractivity contribution >= 4 is 11.9 Å². The highest BCUT2D eigenvalue weighted by molar-refractivity contribution is 5.87. The van der Waals surface area contributed by atoms with Gasteiger partial charge < -0.3 is 9.84 Å². The highest BCUT2D eigenvalue weighted by Gasteiger charge is 2.22. The van der Waals surface area contributed by atoms with Gasteiger partial charge in [-0.25, -0.2) is 9.59 Å². The topological polar surface area (TPSA) is 63.6 Å². The summed E-state index contributed by atoms with van der Waals surface area (Å²) in [6.45, 7) is 9.99. The molecule has 0 heterocycles. The summed E-state index contributed by atoms with van der Waals surface area (Å²) < 4.78 is 5.15. The minimum atomic E-state index is -0.970. The van der Waals surface area contributed by atoms with E-state index >= 15 is 0 Å². The van der Waals surface area contributed by atoms with Gasteiger partial charge in [0.15, 0.2) is 0 Å². The molecule has 16 heavy (non-hydrogen) atoms. The van der Waals surface area contributed by atoms with Gasteiger partial charge in [0, 0.05) is 17.6 Å². The monoisotopic (exact) mass is 226 g/mol. The molecule has 0 spiro atoms. The minimum Gasteiger partial charge on any atom is -0.478 e. The highest BCUT2D eigenvalue weighted by Crippen LogP contribution is 2.18. The fourth-order valence-corrected chi connectivity index (χ4v) is 0.866. The van der Waals surface area contributed by atoms with E-state index < -0.39 is 17.5 Å². The Hall–Kier alpha value is -1.58. The van der Waals surface area contributed by atoms with Crippen LogP contribution in [0.5, 0.6) is 0 Å². The summed E-state index contributed by atoms with van der Waals surface area (Å²) in [5.74, 6) is -1.44. The van der Waals surface area contributed by atoms with Gasteiger partial charge in [0.25, 0.3) is 0 Å². The van der Waals surface area contributed by atoms with Gasteiger partial charge >= 0.3 is 11.9 Å². The van der Waals surface area contributed by atoms with E-state index in [4.69, 9.17) is 9.84 Å². The Kier molecular flexibility index (Phi) is 4.95. The third-order valence-electron chi connectivity index (χ3n) is 1.95. The maximum absolute atomic E-state index is 11.3. The van der Waals surface area contributed by atoms with Crippen LogP contribution in [-0.4, -0.2) is 22.6 Å². The number of carbonyl (C=O) groups is 2. The number of carbonyl (C=O) groups excluding carboxylic acids is 1. The van der Waals surface area contributed by atoms with Crippen LogP contribution in [0.4, 0.5) is 0 Å². The summed E-state index contributed by atoms with van der Waals surface area (Å²) >= 11 is 0. The van der Waals surface area contributed by atoms with Crippen molar-refractivity contribution in [2.24, 2.45) is 0 Å². The minimum absolute atomic E-state index is 0.236. The molecule has 0 aromatic heterocycles. The molecular formula is C12H18O4. The molecular weight excluding hydrogens is 208 g/mol. The number of carboxylic acid groups (broad SMARTS) is 1. The molecule has 4 heteroatoms. The van der Waals surface area contributed by atoms with E-state index in [1.807, 2.05) is 0 Å². The summed E-state index contributed by atoms with van der Waals surface area (Å²) in [6, 6.07) is 0. The van der Waals surface area contributed by atoms with Crippen molar-refractivity contribution in [2.75, 3.05) is 0 Å². The van der Waals surface area contributed by atoms with Crippen molar-refractivity contribution in [2.45, 2.75) is 39.7 Å². The predicted molar refractivity (Wildman–Crippen MR) is 61.0 cm³/mol. The largest absolute Gasteiger partial charge is 0.478 e. The van der Waals surface area contributed by atoms with Crippen LogP contribution in [0.1, 0.15) is 34.1 Å². The first kappa shape index (κ1) is 14.4. The Morgan fingerprint density at radius 1 is 1.38 bits per heavy atom. The number of rotatable bonds is 5. The summed E-state index contributed by atoms with van der Waals surface area (Å²) in [6.07, 6.45) is 1.89. The average molecular weight is 226 g/mol. The molecule has 0 aromatic carbocycles. The van der Waals surface area contributed by atoms with Gasteiger partial charge in [0.05, 0.1) is 0 Å². The zero-order valence-electron chi connectivity index (χ0n) is 10.2. The van der Waals surface area contributed by atoms with E-state index in [0.29, 0.717) is 12.0 Å². The number of ether oxygens (including phenoxy) is 1. The Bertz CT molecular complexity index is 337. The number of hydrogen-bond donors (Lipinski definition) is 1. The van der Waals surface area contributed by atoms with Crippen molar-refractivity contribution in [3.63, 3.8) is 0 Å². The van der Waals surface area contributed by atoms with Crippen LogP contribution in [0.2, 0.25) is 0 Å². The quantitative estimate of drug-likeness (QED) is 0.577. The normalized spacial score (nSPS) is 12.1.